The van der Waals surface area contributed by atoms with E-state index in [0.717, 1.165) is 5.56 Å². The average molecular weight is 303 g/mol. The molecule has 0 aliphatic rings. The maximum Gasteiger partial charge on any atom is 0.315 e. The lowest BCUT2D eigenvalue weighted by Gasteiger charge is -2.17. The lowest BCUT2D eigenvalue weighted by atomic mass is 10.2. The fourth-order valence-electron chi connectivity index (χ4n) is 1.75. The zero-order valence-corrected chi connectivity index (χ0v) is 12.9. The van der Waals surface area contributed by atoms with Crippen molar-refractivity contribution in [2.45, 2.75) is 26.9 Å². The Bertz CT molecular complexity index is 524. The number of hydrogen-bond acceptors (Lipinski definition) is 5. The van der Waals surface area contributed by atoms with Crippen LogP contribution in [0.1, 0.15) is 19.4 Å². The van der Waals surface area contributed by atoms with E-state index < -0.39 is 6.48 Å². The van der Waals surface area contributed by atoms with Crippen molar-refractivity contribution in [2.24, 2.45) is 0 Å². The second kappa shape index (κ2) is 9.02. The summed E-state index contributed by atoms with van der Waals surface area (Å²) in [7, 11) is 0. The van der Waals surface area contributed by atoms with E-state index in [9.17, 15) is 0 Å². The minimum Gasteiger partial charge on any atom is -0.473 e. The van der Waals surface area contributed by atoms with Crippen LogP contribution in [0.15, 0.2) is 48.7 Å². The first-order valence-electron chi connectivity index (χ1n) is 7.34. The zero-order valence-electron chi connectivity index (χ0n) is 12.9. The second-order valence-corrected chi connectivity index (χ2v) is 4.42. The molecule has 0 atom stereocenters. The van der Waals surface area contributed by atoms with Gasteiger partial charge in [-0.25, -0.2) is 4.98 Å². The van der Waals surface area contributed by atoms with Crippen molar-refractivity contribution in [1.82, 2.24) is 4.98 Å². The summed E-state index contributed by atoms with van der Waals surface area (Å²) in [5.41, 5.74) is 1.09. The smallest absolute Gasteiger partial charge is 0.315 e. The summed E-state index contributed by atoms with van der Waals surface area (Å²) in [5.74, 6) is 1.11. The van der Waals surface area contributed by atoms with Gasteiger partial charge in [0.1, 0.15) is 12.4 Å². The predicted molar refractivity (Wildman–Crippen MR) is 82.7 cm³/mol. The van der Waals surface area contributed by atoms with E-state index >= 15 is 0 Å². The van der Waals surface area contributed by atoms with Gasteiger partial charge in [-0.1, -0.05) is 30.3 Å². The van der Waals surface area contributed by atoms with Crippen LogP contribution >= 0.6 is 0 Å². The molecule has 0 bridgehead atoms. The van der Waals surface area contributed by atoms with Crippen LogP contribution in [0.4, 0.5) is 0 Å². The average Bonchev–Trinajstić information content (AvgIpc) is 2.56. The molecule has 5 nitrogen and oxygen atoms in total. The van der Waals surface area contributed by atoms with Crippen molar-refractivity contribution < 1.29 is 18.9 Å². The molecule has 0 radical (unpaired) electrons. The third-order valence-electron chi connectivity index (χ3n) is 2.78. The van der Waals surface area contributed by atoms with E-state index in [-0.39, 0.29) is 0 Å². The van der Waals surface area contributed by atoms with Gasteiger partial charge < -0.3 is 18.9 Å². The second-order valence-electron chi connectivity index (χ2n) is 4.42. The van der Waals surface area contributed by atoms with E-state index in [1.807, 2.05) is 44.2 Å². The van der Waals surface area contributed by atoms with Crippen LogP contribution in [0.25, 0.3) is 0 Å². The van der Waals surface area contributed by atoms with Crippen molar-refractivity contribution >= 4 is 0 Å². The first kappa shape index (κ1) is 16.3. The number of hydrogen-bond donors (Lipinski definition) is 0. The molecule has 0 saturated carbocycles. The van der Waals surface area contributed by atoms with Crippen LogP contribution in [0, 0.1) is 0 Å². The van der Waals surface area contributed by atoms with E-state index in [2.05, 4.69) is 4.98 Å². The Morgan fingerprint density at radius 1 is 0.955 bits per heavy atom. The van der Waals surface area contributed by atoms with Gasteiger partial charge in [0.25, 0.3) is 0 Å². The lowest BCUT2D eigenvalue weighted by molar-refractivity contribution is -0.242. The van der Waals surface area contributed by atoms with E-state index in [1.54, 1.807) is 18.3 Å². The molecule has 118 valence electrons. The number of aromatic nitrogens is 1. The molecule has 2 rings (SSSR count). The van der Waals surface area contributed by atoms with Crippen molar-refractivity contribution in [3.63, 3.8) is 0 Å². The summed E-state index contributed by atoms with van der Waals surface area (Å²) >= 11 is 0. The number of rotatable bonds is 9. The highest BCUT2D eigenvalue weighted by Gasteiger charge is 2.10. The van der Waals surface area contributed by atoms with Gasteiger partial charge in [-0.3, -0.25) is 0 Å². The van der Waals surface area contributed by atoms with Gasteiger partial charge in [0.05, 0.1) is 19.4 Å². The summed E-state index contributed by atoms with van der Waals surface area (Å²) in [6.07, 6.45) is 1.59. The molecule has 22 heavy (non-hydrogen) atoms. The molecule has 0 saturated heterocycles. The molecular formula is C17H21NO4. The third-order valence-corrected chi connectivity index (χ3v) is 2.78. The van der Waals surface area contributed by atoms with Crippen LogP contribution in [-0.4, -0.2) is 24.7 Å². The van der Waals surface area contributed by atoms with Crippen molar-refractivity contribution in [3.05, 3.63) is 54.2 Å². The minimum absolute atomic E-state index is 0.481. The van der Waals surface area contributed by atoms with Gasteiger partial charge in [0, 0.05) is 6.07 Å². The molecule has 0 unspecified atom stereocenters. The van der Waals surface area contributed by atoms with Gasteiger partial charge in [-0.05, 0) is 25.5 Å². The Labute approximate surface area is 130 Å². The Kier molecular flexibility index (Phi) is 6.67. The van der Waals surface area contributed by atoms with Gasteiger partial charge in [-0.2, -0.15) is 0 Å². The van der Waals surface area contributed by atoms with Gasteiger partial charge >= 0.3 is 6.48 Å². The van der Waals surface area contributed by atoms with E-state index in [1.165, 1.54) is 0 Å². The summed E-state index contributed by atoms with van der Waals surface area (Å²) < 4.78 is 21.8. The standard InChI is InChI=1S/C17H21NO4/c1-3-19-17(20-4-2)22-15-10-11-16(18-12-15)21-13-14-8-6-5-7-9-14/h5-12,17H,3-4,13H2,1-2H3. The minimum atomic E-state index is -0.715. The molecule has 5 heteroatoms. The number of benzene rings is 1. The largest absolute Gasteiger partial charge is 0.473 e. The summed E-state index contributed by atoms with van der Waals surface area (Å²) in [4.78, 5) is 4.21. The lowest BCUT2D eigenvalue weighted by Crippen LogP contribution is -2.24. The van der Waals surface area contributed by atoms with Gasteiger partial charge in [-0.15, -0.1) is 0 Å². The summed E-state index contributed by atoms with van der Waals surface area (Å²) in [6.45, 7) is 4.55. The van der Waals surface area contributed by atoms with Crippen LogP contribution in [-0.2, 0) is 16.1 Å². The maximum absolute atomic E-state index is 5.62. The number of ether oxygens (including phenoxy) is 4. The zero-order chi connectivity index (χ0) is 15.6. The molecule has 0 fully saturated rings. The molecule has 0 amide bonds. The molecule has 1 aromatic heterocycles. The highest BCUT2D eigenvalue weighted by Crippen LogP contribution is 2.17. The topological polar surface area (TPSA) is 49.8 Å². The van der Waals surface area contributed by atoms with Gasteiger partial charge in [0.15, 0.2) is 0 Å². The summed E-state index contributed by atoms with van der Waals surface area (Å²) in [6, 6.07) is 13.5. The van der Waals surface area contributed by atoms with Gasteiger partial charge in [0.2, 0.25) is 5.88 Å². The number of pyridine rings is 1. The molecule has 0 N–H and O–H groups in total. The molecule has 1 aromatic carbocycles. The first-order valence-corrected chi connectivity index (χ1v) is 7.34. The maximum atomic E-state index is 5.62. The highest BCUT2D eigenvalue weighted by atomic mass is 16.8. The van der Waals surface area contributed by atoms with E-state index in [0.29, 0.717) is 31.5 Å². The van der Waals surface area contributed by atoms with Crippen LogP contribution in [0.2, 0.25) is 0 Å². The van der Waals surface area contributed by atoms with Crippen LogP contribution in [0.5, 0.6) is 11.6 Å². The van der Waals surface area contributed by atoms with Crippen molar-refractivity contribution in [1.29, 1.82) is 0 Å². The predicted octanol–water partition coefficient (Wildman–Crippen LogP) is 3.40. The molecule has 0 aliphatic heterocycles. The fraction of sp³-hybridized carbons (Fsp3) is 0.353. The number of nitrogens with zero attached hydrogens (tertiary/aromatic N) is 1. The monoisotopic (exact) mass is 303 g/mol. The SMILES string of the molecule is CCOC(OCC)Oc1ccc(OCc2ccccc2)nc1. The first-order chi connectivity index (χ1) is 10.8. The quantitative estimate of drug-likeness (QED) is 0.665. The molecule has 2 aromatic rings. The molecule has 0 spiro atoms. The highest BCUT2D eigenvalue weighted by molar-refractivity contribution is 5.23. The van der Waals surface area contributed by atoms with E-state index in [4.69, 9.17) is 18.9 Å². The van der Waals surface area contributed by atoms with Crippen LogP contribution < -0.4 is 9.47 Å². The third kappa shape index (κ3) is 5.35. The molecular weight excluding hydrogens is 282 g/mol. The Morgan fingerprint density at radius 2 is 1.68 bits per heavy atom. The Balaban J connectivity index is 1.86. The summed E-state index contributed by atoms with van der Waals surface area (Å²) in [5, 5.41) is 0. The fourth-order valence-corrected chi connectivity index (χ4v) is 1.75. The Hall–Kier alpha value is -2.11. The Morgan fingerprint density at radius 3 is 2.27 bits per heavy atom. The molecule has 0 aliphatic carbocycles. The molecule has 1 heterocycles. The normalized spacial score (nSPS) is 10.7. The van der Waals surface area contributed by atoms with Crippen molar-refractivity contribution in [3.8, 4) is 11.6 Å². The van der Waals surface area contributed by atoms with Crippen LogP contribution in [0.3, 0.4) is 0 Å². The van der Waals surface area contributed by atoms with Crippen molar-refractivity contribution in [2.75, 3.05) is 13.2 Å².